The molecule has 2 aromatic rings. The predicted molar refractivity (Wildman–Crippen MR) is 109 cm³/mol. The lowest BCUT2D eigenvalue weighted by Gasteiger charge is -2.31. The SMILES string of the molecule is CN(CC(=O)N1CCCc2c(N)cccc21)Cc1ccccc1.Cl.Cl. The van der Waals surface area contributed by atoms with Gasteiger partial charge in [-0.25, -0.2) is 0 Å². The van der Waals surface area contributed by atoms with Gasteiger partial charge in [0.2, 0.25) is 5.91 Å². The van der Waals surface area contributed by atoms with E-state index in [4.69, 9.17) is 5.73 Å². The highest BCUT2D eigenvalue weighted by Crippen LogP contribution is 2.31. The summed E-state index contributed by atoms with van der Waals surface area (Å²) in [7, 11) is 1.98. The van der Waals surface area contributed by atoms with Crippen LogP contribution in [-0.4, -0.2) is 30.9 Å². The Hall–Kier alpha value is -1.75. The topological polar surface area (TPSA) is 49.6 Å². The molecule has 0 aromatic heterocycles. The Bertz CT molecular complexity index is 694. The standard InChI is InChI=1S/C19H23N3O.2ClH/c1-21(13-15-7-3-2-4-8-15)14-19(23)22-12-6-9-16-17(20)10-5-11-18(16)22;;/h2-5,7-8,10-11H,6,9,12-14,20H2,1H3;2*1H. The lowest BCUT2D eigenvalue weighted by atomic mass is 10.00. The summed E-state index contributed by atoms with van der Waals surface area (Å²) in [5, 5.41) is 0. The van der Waals surface area contributed by atoms with Gasteiger partial charge >= 0.3 is 0 Å². The Labute approximate surface area is 161 Å². The van der Waals surface area contributed by atoms with Gasteiger partial charge in [-0.1, -0.05) is 36.4 Å². The maximum atomic E-state index is 12.7. The maximum absolute atomic E-state index is 12.7. The van der Waals surface area contributed by atoms with Crippen molar-refractivity contribution >= 4 is 42.1 Å². The Morgan fingerprint density at radius 1 is 1.12 bits per heavy atom. The highest BCUT2D eigenvalue weighted by Gasteiger charge is 2.24. The van der Waals surface area contributed by atoms with Gasteiger partial charge < -0.3 is 10.6 Å². The molecule has 1 aliphatic heterocycles. The first-order chi connectivity index (χ1) is 11.1. The van der Waals surface area contributed by atoms with Crippen molar-refractivity contribution in [3.63, 3.8) is 0 Å². The van der Waals surface area contributed by atoms with Crippen molar-refractivity contribution in [1.82, 2.24) is 4.90 Å². The number of nitrogens with two attached hydrogens (primary N) is 1. The molecule has 0 fully saturated rings. The molecule has 0 saturated heterocycles. The second-order valence-electron chi connectivity index (χ2n) is 6.15. The van der Waals surface area contributed by atoms with E-state index in [1.807, 2.05) is 48.3 Å². The lowest BCUT2D eigenvalue weighted by Crippen LogP contribution is -2.41. The Kier molecular flexibility index (Phi) is 8.23. The van der Waals surface area contributed by atoms with Crippen molar-refractivity contribution in [3.8, 4) is 0 Å². The number of rotatable bonds is 4. The Morgan fingerprint density at radius 2 is 1.84 bits per heavy atom. The monoisotopic (exact) mass is 381 g/mol. The molecule has 0 atom stereocenters. The molecular formula is C19H25Cl2N3O. The molecule has 0 spiro atoms. The zero-order valence-electron chi connectivity index (χ0n) is 14.4. The normalized spacial score (nSPS) is 12.8. The van der Waals surface area contributed by atoms with E-state index in [2.05, 4.69) is 17.0 Å². The van der Waals surface area contributed by atoms with E-state index < -0.39 is 0 Å². The lowest BCUT2D eigenvalue weighted by molar-refractivity contribution is -0.119. The third-order valence-corrected chi connectivity index (χ3v) is 4.29. The molecular weight excluding hydrogens is 357 g/mol. The average Bonchev–Trinajstić information content (AvgIpc) is 2.55. The Balaban J connectivity index is 0.00000156. The van der Waals surface area contributed by atoms with Crippen LogP contribution >= 0.6 is 24.8 Å². The summed E-state index contributed by atoms with van der Waals surface area (Å²) in [5.41, 5.74) is 10.2. The summed E-state index contributed by atoms with van der Waals surface area (Å²) in [6.07, 6.45) is 1.92. The number of carbonyl (C=O) groups is 1. The fourth-order valence-corrected chi connectivity index (χ4v) is 3.18. The van der Waals surface area contributed by atoms with Crippen molar-refractivity contribution in [2.24, 2.45) is 0 Å². The van der Waals surface area contributed by atoms with Crippen LogP contribution in [-0.2, 0) is 17.8 Å². The summed E-state index contributed by atoms with van der Waals surface area (Å²) >= 11 is 0. The second-order valence-corrected chi connectivity index (χ2v) is 6.15. The third-order valence-electron chi connectivity index (χ3n) is 4.29. The highest BCUT2D eigenvalue weighted by molar-refractivity contribution is 5.96. The molecule has 0 saturated carbocycles. The van der Waals surface area contributed by atoms with E-state index in [1.165, 1.54) is 5.56 Å². The number of hydrogen-bond acceptors (Lipinski definition) is 3. The Morgan fingerprint density at radius 3 is 2.56 bits per heavy atom. The van der Waals surface area contributed by atoms with E-state index in [1.54, 1.807) is 0 Å². The number of hydrogen-bond donors (Lipinski definition) is 1. The van der Waals surface area contributed by atoms with E-state index in [0.29, 0.717) is 6.54 Å². The summed E-state index contributed by atoms with van der Waals surface area (Å²) in [6, 6.07) is 16.0. The van der Waals surface area contributed by atoms with Crippen LogP contribution in [0, 0.1) is 0 Å². The number of anilines is 2. The van der Waals surface area contributed by atoms with Gasteiger partial charge in [-0.3, -0.25) is 9.69 Å². The van der Waals surface area contributed by atoms with Gasteiger partial charge in [0.25, 0.3) is 0 Å². The predicted octanol–water partition coefficient (Wildman–Crippen LogP) is 3.52. The minimum Gasteiger partial charge on any atom is -0.398 e. The molecule has 6 heteroatoms. The van der Waals surface area contributed by atoms with Crippen molar-refractivity contribution in [1.29, 1.82) is 0 Å². The molecule has 0 bridgehead atoms. The molecule has 1 heterocycles. The van der Waals surface area contributed by atoms with Gasteiger partial charge in [0.1, 0.15) is 0 Å². The molecule has 136 valence electrons. The zero-order valence-corrected chi connectivity index (χ0v) is 16.0. The second kappa shape index (κ2) is 9.66. The zero-order chi connectivity index (χ0) is 16.2. The molecule has 4 nitrogen and oxygen atoms in total. The number of nitrogen functional groups attached to an aromatic ring is 1. The minimum atomic E-state index is 0. The van der Waals surface area contributed by atoms with Crippen molar-refractivity contribution in [2.75, 3.05) is 30.8 Å². The summed E-state index contributed by atoms with van der Waals surface area (Å²) in [5.74, 6) is 0.134. The van der Waals surface area contributed by atoms with Gasteiger partial charge in [0.05, 0.1) is 6.54 Å². The minimum absolute atomic E-state index is 0. The number of nitrogens with zero attached hydrogens (tertiary/aromatic N) is 2. The van der Waals surface area contributed by atoms with Crippen LogP contribution in [0.15, 0.2) is 48.5 Å². The molecule has 1 aliphatic rings. The highest BCUT2D eigenvalue weighted by atomic mass is 35.5. The molecule has 0 unspecified atom stereocenters. The summed E-state index contributed by atoms with van der Waals surface area (Å²) in [4.78, 5) is 16.7. The first-order valence-electron chi connectivity index (χ1n) is 8.05. The number of fused-ring (bicyclic) bond motifs is 1. The van der Waals surface area contributed by atoms with Gasteiger partial charge in [0, 0.05) is 24.5 Å². The fourth-order valence-electron chi connectivity index (χ4n) is 3.18. The molecule has 1 amide bonds. The van der Waals surface area contributed by atoms with Gasteiger partial charge in [-0.2, -0.15) is 0 Å². The molecule has 3 rings (SSSR count). The third kappa shape index (κ3) is 5.11. The number of carbonyl (C=O) groups excluding carboxylic acids is 1. The molecule has 0 radical (unpaired) electrons. The van der Waals surface area contributed by atoms with Crippen LogP contribution in [0.3, 0.4) is 0 Å². The number of likely N-dealkylation sites (N-methyl/N-ethyl adjacent to an activating group) is 1. The molecule has 0 aliphatic carbocycles. The van der Waals surface area contributed by atoms with Crippen LogP contribution in [0.5, 0.6) is 0 Å². The maximum Gasteiger partial charge on any atom is 0.241 e. The average molecular weight is 382 g/mol. The van der Waals surface area contributed by atoms with E-state index in [-0.39, 0.29) is 30.7 Å². The van der Waals surface area contributed by atoms with Crippen molar-refractivity contribution in [2.45, 2.75) is 19.4 Å². The van der Waals surface area contributed by atoms with E-state index in [0.717, 1.165) is 42.9 Å². The van der Waals surface area contributed by atoms with Crippen molar-refractivity contribution in [3.05, 3.63) is 59.7 Å². The van der Waals surface area contributed by atoms with Crippen LogP contribution in [0.2, 0.25) is 0 Å². The largest absolute Gasteiger partial charge is 0.398 e. The van der Waals surface area contributed by atoms with Gasteiger partial charge in [-0.15, -0.1) is 24.8 Å². The summed E-state index contributed by atoms with van der Waals surface area (Å²) in [6.45, 7) is 1.95. The van der Waals surface area contributed by atoms with Crippen molar-refractivity contribution < 1.29 is 4.79 Å². The summed E-state index contributed by atoms with van der Waals surface area (Å²) < 4.78 is 0. The van der Waals surface area contributed by atoms with Crippen LogP contribution < -0.4 is 10.6 Å². The van der Waals surface area contributed by atoms with Crippen LogP contribution in [0.25, 0.3) is 0 Å². The smallest absolute Gasteiger partial charge is 0.241 e. The molecule has 25 heavy (non-hydrogen) atoms. The van der Waals surface area contributed by atoms with Gasteiger partial charge in [-0.05, 0) is 43.1 Å². The number of amides is 1. The number of benzene rings is 2. The van der Waals surface area contributed by atoms with Crippen LogP contribution in [0.4, 0.5) is 11.4 Å². The first-order valence-corrected chi connectivity index (χ1v) is 8.05. The quantitative estimate of drug-likeness (QED) is 0.824. The molecule has 2 N–H and O–H groups in total. The fraction of sp³-hybridized carbons (Fsp3) is 0.316. The van der Waals surface area contributed by atoms with Crippen LogP contribution in [0.1, 0.15) is 17.5 Å². The van der Waals surface area contributed by atoms with Gasteiger partial charge in [0.15, 0.2) is 0 Å². The van der Waals surface area contributed by atoms with E-state index >= 15 is 0 Å². The first kappa shape index (κ1) is 21.3. The number of halogens is 2. The molecule has 2 aromatic carbocycles. The van der Waals surface area contributed by atoms with E-state index in [9.17, 15) is 4.79 Å².